The fourth-order valence-corrected chi connectivity index (χ4v) is 3.77. The van der Waals surface area contributed by atoms with E-state index in [0.29, 0.717) is 17.9 Å². The van der Waals surface area contributed by atoms with Gasteiger partial charge in [0.2, 0.25) is 0 Å². The summed E-state index contributed by atoms with van der Waals surface area (Å²) in [6, 6.07) is 5.38. The third-order valence-electron chi connectivity index (χ3n) is 4.60. The molecule has 1 saturated carbocycles. The van der Waals surface area contributed by atoms with Crippen molar-refractivity contribution in [2.75, 3.05) is 13.1 Å². The number of hydrogen-bond donors (Lipinski definition) is 1. The van der Waals surface area contributed by atoms with Crippen LogP contribution in [0.4, 0.5) is 5.69 Å². The van der Waals surface area contributed by atoms with Crippen molar-refractivity contribution in [1.82, 2.24) is 4.90 Å². The number of hydrogen-bond acceptors (Lipinski definition) is 4. The van der Waals surface area contributed by atoms with E-state index >= 15 is 0 Å². The molecule has 5 nitrogen and oxygen atoms in total. The van der Waals surface area contributed by atoms with E-state index in [1.54, 1.807) is 12.1 Å². The van der Waals surface area contributed by atoms with Gasteiger partial charge >= 0.3 is 0 Å². The van der Waals surface area contributed by atoms with Gasteiger partial charge in [-0.25, -0.2) is 0 Å². The molecule has 1 saturated heterocycles. The summed E-state index contributed by atoms with van der Waals surface area (Å²) in [6.45, 7) is 2.79. The largest absolute Gasteiger partial charge is 0.327 e. The number of nitrogens with zero attached hydrogens (tertiary/aromatic N) is 2. The van der Waals surface area contributed by atoms with E-state index in [2.05, 4.69) is 4.90 Å². The van der Waals surface area contributed by atoms with Crippen LogP contribution in [0, 0.1) is 22.0 Å². The molecule has 1 aromatic carbocycles. The second-order valence-electron chi connectivity index (χ2n) is 5.90. The fraction of sp³-hybridized carbons (Fsp3) is 0.571. The van der Waals surface area contributed by atoms with Crippen LogP contribution < -0.4 is 5.73 Å². The maximum Gasteiger partial charge on any atom is 0.288 e. The topological polar surface area (TPSA) is 72.4 Å². The third-order valence-corrected chi connectivity index (χ3v) is 4.92. The highest BCUT2D eigenvalue weighted by Gasteiger charge is 2.40. The van der Waals surface area contributed by atoms with Crippen LogP contribution in [0.15, 0.2) is 18.2 Å². The average Bonchev–Trinajstić information content (AvgIpc) is 2.94. The van der Waals surface area contributed by atoms with Crippen LogP contribution in [-0.2, 0) is 6.54 Å². The van der Waals surface area contributed by atoms with E-state index in [1.165, 1.54) is 6.42 Å². The molecule has 0 bridgehead atoms. The molecule has 0 unspecified atom stereocenters. The van der Waals surface area contributed by atoms with Crippen molar-refractivity contribution in [2.45, 2.75) is 25.4 Å². The first-order valence-electron chi connectivity index (χ1n) is 6.95. The van der Waals surface area contributed by atoms with Gasteiger partial charge in [-0.15, -0.1) is 0 Å². The zero-order chi connectivity index (χ0) is 14.3. The van der Waals surface area contributed by atoms with E-state index in [4.69, 9.17) is 17.3 Å². The lowest BCUT2D eigenvalue weighted by molar-refractivity contribution is -0.384. The molecule has 108 valence electrons. The number of benzene rings is 1. The van der Waals surface area contributed by atoms with Crippen LogP contribution in [-0.4, -0.2) is 29.0 Å². The molecular formula is C14H18ClN3O2. The Balaban J connectivity index is 1.70. The Morgan fingerprint density at radius 3 is 2.90 bits per heavy atom. The summed E-state index contributed by atoms with van der Waals surface area (Å²) < 4.78 is 0. The zero-order valence-electron chi connectivity index (χ0n) is 11.2. The standard InChI is InChI=1S/C14H18ClN3O2/c15-12-3-1-9(5-14(12)18(19)20)6-17-7-10-2-4-13(16)11(10)8-17/h1,3,5,10-11,13H,2,4,6-8,16H2/t10-,11-,13+/m0/s1. The number of likely N-dealkylation sites (tertiary alicyclic amines) is 1. The number of nitro groups is 1. The van der Waals surface area contributed by atoms with Crippen LogP contribution in [0.2, 0.25) is 5.02 Å². The minimum atomic E-state index is -0.430. The second kappa shape index (κ2) is 5.31. The molecule has 0 amide bonds. The van der Waals surface area contributed by atoms with Crippen LogP contribution in [0.5, 0.6) is 0 Å². The minimum absolute atomic E-state index is 0.0136. The quantitative estimate of drug-likeness (QED) is 0.686. The summed E-state index contributed by atoms with van der Waals surface area (Å²) in [4.78, 5) is 12.8. The number of rotatable bonds is 3. The highest BCUT2D eigenvalue weighted by atomic mass is 35.5. The van der Waals surface area contributed by atoms with Crippen molar-refractivity contribution in [2.24, 2.45) is 17.6 Å². The Bertz CT molecular complexity index is 537. The third kappa shape index (κ3) is 2.53. The van der Waals surface area contributed by atoms with Crippen LogP contribution in [0.25, 0.3) is 0 Å². The Kier molecular flexibility index (Phi) is 3.67. The average molecular weight is 296 g/mol. The SMILES string of the molecule is N[C@@H]1CC[C@H]2CN(Cc3ccc(Cl)c([N+](=O)[O-])c3)C[C@@H]21. The van der Waals surface area contributed by atoms with Gasteiger partial charge in [0.05, 0.1) is 4.92 Å². The van der Waals surface area contributed by atoms with Gasteiger partial charge in [-0.3, -0.25) is 15.0 Å². The highest BCUT2D eigenvalue weighted by Crippen LogP contribution is 2.37. The molecule has 1 aromatic rings. The molecule has 1 heterocycles. The number of nitrogens with two attached hydrogens (primary N) is 1. The van der Waals surface area contributed by atoms with E-state index < -0.39 is 4.92 Å². The van der Waals surface area contributed by atoms with Crippen molar-refractivity contribution in [3.63, 3.8) is 0 Å². The van der Waals surface area contributed by atoms with Crippen molar-refractivity contribution >= 4 is 17.3 Å². The van der Waals surface area contributed by atoms with Gasteiger partial charge in [0.25, 0.3) is 5.69 Å². The van der Waals surface area contributed by atoms with Crippen molar-refractivity contribution in [3.8, 4) is 0 Å². The predicted molar refractivity (Wildman–Crippen MR) is 77.6 cm³/mol. The lowest BCUT2D eigenvalue weighted by Crippen LogP contribution is -2.30. The molecule has 2 aliphatic rings. The van der Waals surface area contributed by atoms with E-state index in [-0.39, 0.29) is 10.7 Å². The first-order valence-corrected chi connectivity index (χ1v) is 7.33. The highest BCUT2D eigenvalue weighted by molar-refractivity contribution is 6.32. The molecule has 20 heavy (non-hydrogen) atoms. The lowest BCUT2D eigenvalue weighted by Gasteiger charge is -2.18. The molecule has 1 aliphatic heterocycles. The van der Waals surface area contributed by atoms with Gasteiger partial charge in [-0.1, -0.05) is 17.7 Å². The Morgan fingerprint density at radius 2 is 2.20 bits per heavy atom. The molecule has 2 N–H and O–H groups in total. The monoisotopic (exact) mass is 295 g/mol. The van der Waals surface area contributed by atoms with Crippen molar-refractivity contribution < 1.29 is 4.92 Å². The summed E-state index contributed by atoms with van der Waals surface area (Å²) in [7, 11) is 0. The summed E-state index contributed by atoms with van der Waals surface area (Å²) in [5, 5.41) is 11.1. The predicted octanol–water partition coefficient (Wildman–Crippen LogP) is 2.42. The van der Waals surface area contributed by atoms with Gasteiger partial charge in [0.15, 0.2) is 0 Å². The van der Waals surface area contributed by atoms with Crippen LogP contribution in [0.3, 0.4) is 0 Å². The maximum absolute atomic E-state index is 10.9. The summed E-state index contributed by atoms with van der Waals surface area (Å²) in [5.41, 5.74) is 7.05. The maximum atomic E-state index is 10.9. The fourth-order valence-electron chi connectivity index (χ4n) is 3.58. The Morgan fingerprint density at radius 1 is 1.40 bits per heavy atom. The lowest BCUT2D eigenvalue weighted by atomic mass is 9.98. The van der Waals surface area contributed by atoms with Crippen LogP contribution in [0.1, 0.15) is 18.4 Å². The molecule has 6 heteroatoms. The Hall–Kier alpha value is -1.17. The molecule has 0 aromatic heterocycles. The molecular weight excluding hydrogens is 278 g/mol. The summed E-state index contributed by atoms with van der Waals surface area (Å²) >= 11 is 5.83. The zero-order valence-corrected chi connectivity index (χ0v) is 11.9. The minimum Gasteiger partial charge on any atom is -0.327 e. The van der Waals surface area contributed by atoms with Crippen molar-refractivity contribution in [3.05, 3.63) is 38.9 Å². The molecule has 3 rings (SSSR count). The number of nitro benzene ring substituents is 1. The van der Waals surface area contributed by atoms with Crippen molar-refractivity contribution in [1.29, 1.82) is 0 Å². The van der Waals surface area contributed by atoms with Gasteiger partial charge < -0.3 is 5.73 Å². The van der Waals surface area contributed by atoms with Gasteiger partial charge in [0.1, 0.15) is 5.02 Å². The van der Waals surface area contributed by atoms with E-state index in [9.17, 15) is 10.1 Å². The molecule has 1 aliphatic carbocycles. The molecule has 2 fully saturated rings. The first kappa shape index (κ1) is 13.8. The van der Waals surface area contributed by atoms with E-state index in [1.807, 2.05) is 6.07 Å². The smallest absolute Gasteiger partial charge is 0.288 e. The molecule has 0 radical (unpaired) electrons. The first-order chi connectivity index (χ1) is 9.54. The van der Waals surface area contributed by atoms with Gasteiger partial charge in [0, 0.05) is 31.7 Å². The number of fused-ring (bicyclic) bond motifs is 1. The molecule has 3 atom stereocenters. The number of halogens is 1. The van der Waals surface area contributed by atoms with Crippen LogP contribution >= 0.6 is 11.6 Å². The normalized spacial score (nSPS) is 29.6. The summed E-state index contributed by atoms with van der Waals surface area (Å²) in [6.07, 6.45) is 2.35. The van der Waals surface area contributed by atoms with Gasteiger partial charge in [-0.2, -0.15) is 0 Å². The summed E-state index contributed by atoms with van der Waals surface area (Å²) in [5.74, 6) is 1.30. The second-order valence-corrected chi connectivity index (χ2v) is 6.31. The Labute approximate surface area is 122 Å². The van der Waals surface area contributed by atoms with Gasteiger partial charge in [-0.05, 0) is 36.3 Å². The molecule has 0 spiro atoms. The van der Waals surface area contributed by atoms with E-state index in [0.717, 1.165) is 31.6 Å².